The highest BCUT2D eigenvalue weighted by Gasteiger charge is 2.46. The molecule has 2 amide bonds. The van der Waals surface area contributed by atoms with E-state index in [4.69, 9.17) is 0 Å². The number of rotatable bonds is 5. The van der Waals surface area contributed by atoms with Crippen LogP contribution < -0.4 is 0 Å². The van der Waals surface area contributed by atoms with Crippen molar-refractivity contribution in [1.82, 2.24) is 9.80 Å². The maximum Gasteiger partial charge on any atom is 0.240 e. The lowest BCUT2D eigenvalue weighted by atomic mass is 9.77. The number of hydrogen-bond donors (Lipinski definition) is 0. The molecule has 2 aliphatic heterocycles. The highest BCUT2D eigenvalue weighted by molar-refractivity contribution is 7.92. The molecule has 2 aliphatic rings. The molecule has 0 N–H and O–H groups in total. The van der Waals surface area contributed by atoms with E-state index in [1.54, 1.807) is 11.8 Å². The molecule has 1 spiro atoms. The third kappa shape index (κ3) is 3.92. The van der Waals surface area contributed by atoms with E-state index in [2.05, 4.69) is 13.8 Å². The lowest BCUT2D eigenvalue weighted by Crippen LogP contribution is -2.49. The normalized spacial score (nSPS) is 22.5. The van der Waals surface area contributed by atoms with Gasteiger partial charge in [-0.05, 0) is 25.7 Å². The minimum Gasteiger partial charge on any atom is -0.342 e. The van der Waals surface area contributed by atoms with Crippen LogP contribution in [0.5, 0.6) is 0 Å². The highest BCUT2D eigenvalue weighted by Crippen LogP contribution is 2.41. The van der Waals surface area contributed by atoms with E-state index < -0.39 is 15.1 Å². The van der Waals surface area contributed by atoms with E-state index in [1.807, 2.05) is 4.90 Å². The smallest absolute Gasteiger partial charge is 0.240 e. The van der Waals surface area contributed by atoms with E-state index in [0.717, 1.165) is 25.9 Å². The zero-order valence-electron chi connectivity index (χ0n) is 15.2. The van der Waals surface area contributed by atoms with Crippen molar-refractivity contribution in [2.24, 2.45) is 11.3 Å². The van der Waals surface area contributed by atoms with Crippen LogP contribution in [0.3, 0.4) is 0 Å². The molecule has 0 radical (unpaired) electrons. The lowest BCUT2D eigenvalue weighted by Gasteiger charge is -2.39. The van der Waals surface area contributed by atoms with Gasteiger partial charge in [0, 0.05) is 43.8 Å². The first-order chi connectivity index (χ1) is 11.1. The van der Waals surface area contributed by atoms with Crippen LogP contribution in [-0.2, 0) is 19.4 Å². The van der Waals surface area contributed by atoms with Gasteiger partial charge < -0.3 is 9.80 Å². The molecule has 2 fully saturated rings. The molecule has 138 valence electrons. The Labute approximate surface area is 145 Å². The molecule has 24 heavy (non-hydrogen) atoms. The first-order valence-electron chi connectivity index (χ1n) is 8.88. The standard InChI is InChI=1S/C17H30N2O4S/c1-5-24(22,23)14(4)16(21)18-8-6-17(7-9-18)10-15(20)19(12-17)11-13(2)3/h13-14H,5-12H2,1-4H3. The third-order valence-electron chi connectivity index (χ3n) is 5.42. The summed E-state index contributed by atoms with van der Waals surface area (Å²) in [5, 5.41) is -0.973. The lowest BCUT2D eigenvalue weighted by molar-refractivity contribution is -0.132. The summed E-state index contributed by atoms with van der Waals surface area (Å²) >= 11 is 0. The van der Waals surface area contributed by atoms with Crippen molar-refractivity contribution in [2.75, 3.05) is 31.9 Å². The first kappa shape index (κ1) is 19.2. The molecular formula is C17H30N2O4S. The van der Waals surface area contributed by atoms with Crippen molar-refractivity contribution < 1.29 is 18.0 Å². The van der Waals surface area contributed by atoms with Crippen LogP contribution in [0.1, 0.15) is 47.0 Å². The molecule has 2 heterocycles. The predicted molar refractivity (Wildman–Crippen MR) is 93.2 cm³/mol. The fourth-order valence-electron chi connectivity index (χ4n) is 3.79. The number of piperidine rings is 1. The first-order valence-corrected chi connectivity index (χ1v) is 10.6. The largest absolute Gasteiger partial charge is 0.342 e. The molecule has 0 aromatic rings. The molecule has 2 saturated heterocycles. The summed E-state index contributed by atoms with van der Waals surface area (Å²) in [5.74, 6) is 0.349. The van der Waals surface area contributed by atoms with Gasteiger partial charge in [0.25, 0.3) is 0 Å². The molecule has 2 rings (SSSR count). The Bertz CT molecular complexity index is 592. The summed E-state index contributed by atoms with van der Waals surface area (Å²) in [5.41, 5.74) is -0.0321. The van der Waals surface area contributed by atoms with Crippen molar-refractivity contribution in [3.05, 3.63) is 0 Å². The number of amides is 2. The SMILES string of the molecule is CCS(=O)(=O)C(C)C(=O)N1CCC2(CC1)CC(=O)N(CC(C)C)C2. The van der Waals surface area contributed by atoms with Crippen molar-refractivity contribution in [2.45, 2.75) is 52.2 Å². The molecule has 6 nitrogen and oxygen atoms in total. The van der Waals surface area contributed by atoms with Gasteiger partial charge in [-0.15, -0.1) is 0 Å². The van der Waals surface area contributed by atoms with Gasteiger partial charge >= 0.3 is 0 Å². The van der Waals surface area contributed by atoms with Gasteiger partial charge in [-0.3, -0.25) is 9.59 Å². The van der Waals surface area contributed by atoms with Gasteiger partial charge in [0.1, 0.15) is 5.25 Å². The number of nitrogens with zero attached hydrogens (tertiary/aromatic N) is 2. The summed E-state index contributed by atoms with van der Waals surface area (Å²) in [6.45, 7) is 9.91. The van der Waals surface area contributed by atoms with Crippen LogP contribution in [0.4, 0.5) is 0 Å². The summed E-state index contributed by atoms with van der Waals surface area (Å²) in [7, 11) is -3.36. The molecule has 0 aliphatic carbocycles. The Hall–Kier alpha value is -1.11. The van der Waals surface area contributed by atoms with E-state index in [1.165, 1.54) is 6.92 Å². The van der Waals surface area contributed by atoms with E-state index in [0.29, 0.717) is 25.4 Å². The monoisotopic (exact) mass is 358 g/mol. The van der Waals surface area contributed by atoms with Crippen molar-refractivity contribution in [3.63, 3.8) is 0 Å². The second-order valence-corrected chi connectivity index (χ2v) is 10.4. The number of likely N-dealkylation sites (tertiary alicyclic amines) is 2. The molecule has 0 saturated carbocycles. The van der Waals surface area contributed by atoms with Gasteiger partial charge in [0.15, 0.2) is 9.84 Å². The minimum absolute atomic E-state index is 0.0175. The van der Waals surface area contributed by atoms with Crippen LogP contribution in [0.2, 0.25) is 0 Å². The zero-order valence-corrected chi connectivity index (χ0v) is 16.1. The number of sulfone groups is 1. The van der Waals surface area contributed by atoms with E-state index in [9.17, 15) is 18.0 Å². The molecule has 1 unspecified atom stereocenters. The topological polar surface area (TPSA) is 74.8 Å². The fourth-order valence-corrected chi connectivity index (χ4v) is 4.74. The van der Waals surface area contributed by atoms with Crippen molar-refractivity contribution in [1.29, 1.82) is 0 Å². The van der Waals surface area contributed by atoms with Crippen molar-refractivity contribution in [3.8, 4) is 0 Å². The molecule has 0 aromatic heterocycles. The second-order valence-electron chi connectivity index (χ2n) is 7.76. The highest BCUT2D eigenvalue weighted by atomic mass is 32.2. The Balaban J connectivity index is 1.97. The third-order valence-corrected chi connectivity index (χ3v) is 7.50. The predicted octanol–water partition coefficient (Wildman–Crippen LogP) is 1.31. The second kappa shape index (κ2) is 7.02. The average Bonchev–Trinajstić information content (AvgIpc) is 2.81. The molecule has 7 heteroatoms. The van der Waals surface area contributed by atoms with Crippen LogP contribution in [0.15, 0.2) is 0 Å². The zero-order chi connectivity index (χ0) is 18.1. The summed E-state index contributed by atoms with van der Waals surface area (Å²) in [6, 6.07) is 0. The molecule has 1 atom stereocenters. The van der Waals surface area contributed by atoms with E-state index >= 15 is 0 Å². The van der Waals surface area contributed by atoms with Crippen LogP contribution in [0.25, 0.3) is 0 Å². The quantitative estimate of drug-likeness (QED) is 0.742. The van der Waals surface area contributed by atoms with Crippen molar-refractivity contribution >= 4 is 21.7 Å². The van der Waals surface area contributed by atoms with Crippen LogP contribution in [-0.4, -0.2) is 67.2 Å². The summed E-state index contributed by atoms with van der Waals surface area (Å²) in [4.78, 5) is 28.3. The Morgan fingerprint density at radius 2 is 1.79 bits per heavy atom. The Kier molecular flexibility index (Phi) is 5.62. The van der Waals surface area contributed by atoms with Crippen LogP contribution in [0, 0.1) is 11.3 Å². The maximum atomic E-state index is 12.5. The van der Waals surface area contributed by atoms with Gasteiger partial charge in [0.2, 0.25) is 11.8 Å². The van der Waals surface area contributed by atoms with Gasteiger partial charge in [-0.25, -0.2) is 8.42 Å². The number of carbonyl (C=O) groups excluding carboxylic acids is 2. The van der Waals surface area contributed by atoms with Gasteiger partial charge in [0.05, 0.1) is 0 Å². The Morgan fingerprint density at radius 1 is 1.21 bits per heavy atom. The average molecular weight is 359 g/mol. The molecular weight excluding hydrogens is 328 g/mol. The fraction of sp³-hybridized carbons (Fsp3) is 0.882. The Morgan fingerprint density at radius 3 is 2.29 bits per heavy atom. The van der Waals surface area contributed by atoms with Crippen LogP contribution >= 0.6 is 0 Å². The number of hydrogen-bond acceptors (Lipinski definition) is 4. The molecule has 0 aromatic carbocycles. The van der Waals surface area contributed by atoms with E-state index in [-0.39, 0.29) is 23.0 Å². The minimum atomic E-state index is -3.36. The summed E-state index contributed by atoms with van der Waals surface area (Å²) in [6.07, 6.45) is 2.11. The van der Waals surface area contributed by atoms with Gasteiger partial charge in [-0.1, -0.05) is 20.8 Å². The number of carbonyl (C=O) groups is 2. The maximum absolute atomic E-state index is 12.5. The summed E-state index contributed by atoms with van der Waals surface area (Å²) < 4.78 is 23.8. The molecule has 0 bridgehead atoms. The van der Waals surface area contributed by atoms with Gasteiger partial charge in [-0.2, -0.15) is 0 Å².